The van der Waals surface area contributed by atoms with Crippen molar-refractivity contribution in [3.8, 4) is 17.2 Å². The van der Waals surface area contributed by atoms with Gasteiger partial charge in [-0.3, -0.25) is 0 Å². The van der Waals surface area contributed by atoms with Crippen molar-refractivity contribution >= 4 is 11.8 Å². The summed E-state index contributed by atoms with van der Waals surface area (Å²) < 4.78 is 10.6. The lowest BCUT2D eigenvalue weighted by Crippen LogP contribution is -1.95. The van der Waals surface area contributed by atoms with Crippen LogP contribution in [-0.4, -0.2) is 19.3 Å². The minimum atomic E-state index is 0.291. The fourth-order valence-corrected chi connectivity index (χ4v) is 2.92. The van der Waals surface area contributed by atoms with E-state index in [1.807, 2.05) is 24.3 Å². The zero-order valence-corrected chi connectivity index (χ0v) is 12.7. The second-order valence-electron chi connectivity index (χ2n) is 4.42. The van der Waals surface area contributed by atoms with Crippen LogP contribution in [0.25, 0.3) is 0 Å². The Bertz CT molecular complexity index is 596. The lowest BCUT2D eigenvalue weighted by Gasteiger charge is -2.12. The monoisotopic (exact) mass is 290 g/mol. The minimum Gasteiger partial charge on any atom is -0.508 e. The third-order valence-electron chi connectivity index (χ3n) is 3.05. The van der Waals surface area contributed by atoms with Crippen LogP contribution in [0.1, 0.15) is 11.1 Å². The fraction of sp³-hybridized carbons (Fsp3) is 0.250. The van der Waals surface area contributed by atoms with Crippen LogP contribution < -0.4 is 9.47 Å². The number of hydrogen-bond donors (Lipinski definition) is 1. The van der Waals surface area contributed by atoms with Gasteiger partial charge in [0.1, 0.15) is 5.75 Å². The minimum absolute atomic E-state index is 0.291. The summed E-state index contributed by atoms with van der Waals surface area (Å²) in [5.41, 5.74) is 2.35. The molecule has 0 saturated heterocycles. The zero-order valence-electron chi connectivity index (χ0n) is 11.8. The number of rotatable bonds is 5. The van der Waals surface area contributed by atoms with Gasteiger partial charge in [-0.25, -0.2) is 0 Å². The highest BCUT2D eigenvalue weighted by Gasteiger charge is 2.09. The first-order valence-electron chi connectivity index (χ1n) is 6.27. The number of benzene rings is 2. The molecule has 0 spiro atoms. The number of ether oxygens (including phenoxy) is 2. The maximum Gasteiger partial charge on any atom is 0.161 e. The average molecular weight is 290 g/mol. The van der Waals surface area contributed by atoms with Crippen molar-refractivity contribution in [2.45, 2.75) is 17.6 Å². The van der Waals surface area contributed by atoms with E-state index in [1.165, 1.54) is 5.56 Å². The van der Waals surface area contributed by atoms with E-state index in [0.29, 0.717) is 5.75 Å². The van der Waals surface area contributed by atoms with Crippen LogP contribution in [0.5, 0.6) is 17.2 Å². The SMILES string of the molecule is COc1cc(C)c(CSc2cccc(O)c2)cc1OC. The van der Waals surface area contributed by atoms with Gasteiger partial charge in [0.15, 0.2) is 11.5 Å². The maximum atomic E-state index is 9.47. The van der Waals surface area contributed by atoms with E-state index < -0.39 is 0 Å². The summed E-state index contributed by atoms with van der Waals surface area (Å²) in [6.07, 6.45) is 0. The predicted octanol–water partition coefficient (Wildman–Crippen LogP) is 4.01. The molecular weight excluding hydrogens is 272 g/mol. The molecular formula is C16H18O3S. The molecule has 2 aromatic carbocycles. The number of aromatic hydroxyl groups is 1. The Morgan fingerprint density at radius 1 is 1.05 bits per heavy atom. The van der Waals surface area contributed by atoms with Gasteiger partial charge in [-0.15, -0.1) is 11.8 Å². The van der Waals surface area contributed by atoms with Crippen LogP contribution in [0, 0.1) is 6.92 Å². The Labute approximate surface area is 123 Å². The van der Waals surface area contributed by atoms with E-state index in [4.69, 9.17) is 9.47 Å². The van der Waals surface area contributed by atoms with Gasteiger partial charge in [0, 0.05) is 10.6 Å². The van der Waals surface area contributed by atoms with E-state index in [1.54, 1.807) is 38.1 Å². The molecule has 0 fully saturated rings. The van der Waals surface area contributed by atoms with Gasteiger partial charge < -0.3 is 14.6 Å². The molecule has 0 atom stereocenters. The largest absolute Gasteiger partial charge is 0.508 e. The van der Waals surface area contributed by atoms with Crippen LogP contribution in [0.3, 0.4) is 0 Å². The van der Waals surface area contributed by atoms with Crippen LogP contribution in [0.4, 0.5) is 0 Å². The topological polar surface area (TPSA) is 38.7 Å². The number of hydrogen-bond acceptors (Lipinski definition) is 4. The van der Waals surface area contributed by atoms with Gasteiger partial charge in [0.2, 0.25) is 0 Å². The average Bonchev–Trinajstić information content (AvgIpc) is 2.45. The second-order valence-corrected chi connectivity index (χ2v) is 5.47. The molecule has 2 rings (SSSR count). The van der Waals surface area contributed by atoms with Crippen molar-refractivity contribution in [1.29, 1.82) is 0 Å². The molecule has 0 radical (unpaired) electrons. The van der Waals surface area contributed by atoms with Gasteiger partial charge in [0.05, 0.1) is 14.2 Å². The third-order valence-corrected chi connectivity index (χ3v) is 4.10. The highest BCUT2D eigenvalue weighted by Crippen LogP contribution is 2.33. The molecule has 1 N–H and O–H groups in total. The molecule has 3 nitrogen and oxygen atoms in total. The van der Waals surface area contributed by atoms with Crippen LogP contribution in [0.15, 0.2) is 41.3 Å². The van der Waals surface area contributed by atoms with Gasteiger partial charge in [0.25, 0.3) is 0 Å². The van der Waals surface area contributed by atoms with Crippen molar-refractivity contribution in [3.05, 3.63) is 47.5 Å². The number of methoxy groups -OCH3 is 2. The highest BCUT2D eigenvalue weighted by atomic mass is 32.2. The van der Waals surface area contributed by atoms with Gasteiger partial charge >= 0.3 is 0 Å². The first kappa shape index (κ1) is 14.6. The summed E-state index contributed by atoms with van der Waals surface area (Å²) in [5.74, 6) is 2.59. The summed E-state index contributed by atoms with van der Waals surface area (Å²) in [4.78, 5) is 1.04. The Morgan fingerprint density at radius 3 is 2.40 bits per heavy atom. The third kappa shape index (κ3) is 3.39. The molecule has 0 bridgehead atoms. The maximum absolute atomic E-state index is 9.47. The fourth-order valence-electron chi connectivity index (χ4n) is 1.91. The normalized spacial score (nSPS) is 10.3. The van der Waals surface area contributed by atoms with Gasteiger partial charge in [-0.05, 0) is 48.4 Å². The molecule has 0 amide bonds. The van der Waals surface area contributed by atoms with Crippen LogP contribution in [0.2, 0.25) is 0 Å². The molecule has 0 aliphatic carbocycles. The van der Waals surface area contributed by atoms with E-state index in [0.717, 1.165) is 27.7 Å². The van der Waals surface area contributed by atoms with E-state index in [-0.39, 0.29) is 0 Å². The van der Waals surface area contributed by atoms with Crippen LogP contribution >= 0.6 is 11.8 Å². The summed E-state index contributed by atoms with van der Waals surface area (Å²) in [6.45, 7) is 2.06. The smallest absolute Gasteiger partial charge is 0.161 e. The highest BCUT2D eigenvalue weighted by molar-refractivity contribution is 7.98. The Morgan fingerprint density at radius 2 is 1.75 bits per heavy atom. The zero-order chi connectivity index (χ0) is 14.5. The predicted molar refractivity (Wildman–Crippen MR) is 82.0 cm³/mol. The molecule has 2 aromatic rings. The molecule has 0 heterocycles. The molecule has 0 aromatic heterocycles. The Kier molecular flexibility index (Phi) is 4.79. The van der Waals surface area contributed by atoms with Crippen molar-refractivity contribution in [1.82, 2.24) is 0 Å². The molecule has 0 aliphatic rings. The Hall–Kier alpha value is -1.81. The lowest BCUT2D eigenvalue weighted by atomic mass is 10.1. The molecule has 4 heteroatoms. The number of phenols is 1. The lowest BCUT2D eigenvalue weighted by molar-refractivity contribution is 0.354. The molecule has 0 aliphatic heterocycles. The molecule has 0 unspecified atom stereocenters. The first-order chi connectivity index (χ1) is 9.63. The summed E-state index contributed by atoms with van der Waals surface area (Å²) in [7, 11) is 3.28. The van der Waals surface area contributed by atoms with Crippen molar-refractivity contribution in [3.63, 3.8) is 0 Å². The first-order valence-corrected chi connectivity index (χ1v) is 7.26. The standard InChI is InChI=1S/C16H18O3S/c1-11-7-15(18-2)16(19-3)8-12(11)10-20-14-6-4-5-13(17)9-14/h4-9,17H,10H2,1-3H3. The Balaban J connectivity index is 2.17. The van der Waals surface area contributed by atoms with Crippen molar-refractivity contribution in [2.24, 2.45) is 0 Å². The van der Waals surface area contributed by atoms with E-state index >= 15 is 0 Å². The molecule has 20 heavy (non-hydrogen) atoms. The van der Waals surface area contributed by atoms with E-state index in [9.17, 15) is 5.11 Å². The van der Waals surface area contributed by atoms with E-state index in [2.05, 4.69) is 6.92 Å². The number of aryl methyl sites for hydroxylation is 1. The van der Waals surface area contributed by atoms with Gasteiger partial charge in [-0.1, -0.05) is 6.07 Å². The van der Waals surface area contributed by atoms with Gasteiger partial charge in [-0.2, -0.15) is 0 Å². The summed E-state index contributed by atoms with van der Waals surface area (Å²) >= 11 is 1.68. The summed E-state index contributed by atoms with van der Waals surface area (Å²) in [5, 5.41) is 9.47. The van der Waals surface area contributed by atoms with Crippen molar-refractivity contribution in [2.75, 3.05) is 14.2 Å². The molecule has 106 valence electrons. The summed E-state index contributed by atoms with van der Waals surface area (Å²) in [6, 6.07) is 11.3. The van der Waals surface area contributed by atoms with Crippen LogP contribution in [-0.2, 0) is 5.75 Å². The number of phenolic OH excluding ortho intramolecular Hbond substituents is 1. The second kappa shape index (κ2) is 6.57. The quantitative estimate of drug-likeness (QED) is 0.844. The van der Waals surface area contributed by atoms with Crippen molar-refractivity contribution < 1.29 is 14.6 Å². The number of thioether (sulfide) groups is 1. The molecule has 0 saturated carbocycles.